The Bertz CT molecular complexity index is 277. The highest BCUT2D eigenvalue weighted by molar-refractivity contribution is 5.92. The fraction of sp³-hybridized carbons (Fsp3) is 0.667. The van der Waals surface area contributed by atoms with Crippen LogP contribution in [0.4, 0.5) is 4.79 Å². The van der Waals surface area contributed by atoms with Crippen molar-refractivity contribution < 1.29 is 24.2 Å². The standard InChI is InChI=1S/C9H16N2O5/c1-6(2)11(5-8(13)14)4-7(12)10-9(15)16-3/h6H,4-5H2,1-3H3,(H,13,14)(H,10,12,15). The maximum absolute atomic E-state index is 11.3. The van der Waals surface area contributed by atoms with E-state index in [-0.39, 0.29) is 19.1 Å². The van der Waals surface area contributed by atoms with Gasteiger partial charge in [0.15, 0.2) is 0 Å². The molecule has 0 heterocycles. The predicted octanol–water partition coefficient (Wildman–Crippen LogP) is -0.336. The molecule has 0 aliphatic carbocycles. The van der Waals surface area contributed by atoms with Gasteiger partial charge in [-0.1, -0.05) is 0 Å². The number of amides is 2. The molecule has 0 bridgehead atoms. The summed E-state index contributed by atoms with van der Waals surface area (Å²) in [6.45, 7) is 3.09. The van der Waals surface area contributed by atoms with Gasteiger partial charge in [0, 0.05) is 6.04 Å². The number of hydrogen-bond acceptors (Lipinski definition) is 5. The number of hydrogen-bond donors (Lipinski definition) is 2. The van der Waals surface area contributed by atoms with E-state index in [9.17, 15) is 14.4 Å². The first-order valence-electron chi connectivity index (χ1n) is 4.70. The van der Waals surface area contributed by atoms with Gasteiger partial charge in [-0.15, -0.1) is 0 Å². The molecule has 0 aromatic carbocycles. The molecule has 0 aromatic rings. The number of imide groups is 1. The Labute approximate surface area is 93.4 Å². The minimum absolute atomic E-state index is 0.112. The Kier molecular flexibility index (Phi) is 6.09. The summed E-state index contributed by atoms with van der Waals surface area (Å²) in [5.74, 6) is -1.62. The lowest BCUT2D eigenvalue weighted by Gasteiger charge is -2.23. The maximum Gasteiger partial charge on any atom is 0.413 e. The summed E-state index contributed by atoms with van der Waals surface area (Å²) in [5.41, 5.74) is 0. The van der Waals surface area contributed by atoms with Crippen molar-refractivity contribution in [3.8, 4) is 0 Å². The number of nitrogens with one attached hydrogen (secondary N) is 1. The summed E-state index contributed by atoms with van der Waals surface area (Å²) < 4.78 is 4.24. The molecular formula is C9H16N2O5. The van der Waals surface area contributed by atoms with Crippen molar-refractivity contribution in [2.75, 3.05) is 20.2 Å². The molecule has 0 radical (unpaired) electrons. The van der Waals surface area contributed by atoms with E-state index in [2.05, 4.69) is 4.74 Å². The molecule has 2 N–H and O–H groups in total. The number of alkyl carbamates (subject to hydrolysis) is 1. The van der Waals surface area contributed by atoms with Crippen LogP contribution in [0, 0.1) is 0 Å². The summed E-state index contributed by atoms with van der Waals surface area (Å²) in [4.78, 5) is 33.9. The van der Waals surface area contributed by atoms with Crippen molar-refractivity contribution in [1.29, 1.82) is 0 Å². The van der Waals surface area contributed by atoms with Crippen LogP contribution in [0.5, 0.6) is 0 Å². The number of carbonyl (C=O) groups excluding carboxylic acids is 2. The van der Waals surface area contributed by atoms with Gasteiger partial charge in [-0.05, 0) is 13.8 Å². The van der Waals surface area contributed by atoms with Gasteiger partial charge < -0.3 is 9.84 Å². The van der Waals surface area contributed by atoms with Crippen LogP contribution in [0.1, 0.15) is 13.8 Å². The van der Waals surface area contributed by atoms with Crippen molar-refractivity contribution in [1.82, 2.24) is 10.2 Å². The van der Waals surface area contributed by atoms with Crippen LogP contribution in [0.15, 0.2) is 0 Å². The van der Waals surface area contributed by atoms with Crippen molar-refractivity contribution in [3.05, 3.63) is 0 Å². The number of nitrogens with zero attached hydrogens (tertiary/aromatic N) is 1. The molecule has 0 unspecified atom stereocenters. The van der Waals surface area contributed by atoms with Crippen molar-refractivity contribution in [3.63, 3.8) is 0 Å². The van der Waals surface area contributed by atoms with Crippen LogP contribution >= 0.6 is 0 Å². The summed E-state index contributed by atoms with van der Waals surface area (Å²) in [6, 6.07) is -0.112. The highest BCUT2D eigenvalue weighted by Crippen LogP contribution is 1.97. The average molecular weight is 232 g/mol. The number of aliphatic carboxylic acids is 1. The van der Waals surface area contributed by atoms with Crippen molar-refractivity contribution in [2.45, 2.75) is 19.9 Å². The molecular weight excluding hydrogens is 216 g/mol. The minimum atomic E-state index is -1.03. The number of rotatable bonds is 5. The topological polar surface area (TPSA) is 95.9 Å². The summed E-state index contributed by atoms with van der Waals surface area (Å²) in [5, 5.41) is 10.6. The molecule has 0 spiro atoms. The molecule has 0 aromatic heterocycles. The van der Waals surface area contributed by atoms with Crippen LogP contribution in [-0.2, 0) is 14.3 Å². The monoisotopic (exact) mass is 232 g/mol. The quantitative estimate of drug-likeness (QED) is 0.673. The SMILES string of the molecule is COC(=O)NC(=O)CN(CC(=O)O)C(C)C. The third-order valence-corrected chi connectivity index (χ3v) is 1.84. The third-order valence-electron chi connectivity index (χ3n) is 1.84. The van der Waals surface area contributed by atoms with E-state index in [1.807, 2.05) is 5.32 Å². The summed E-state index contributed by atoms with van der Waals surface area (Å²) >= 11 is 0. The second-order valence-electron chi connectivity index (χ2n) is 3.43. The molecule has 0 aliphatic heterocycles. The Morgan fingerprint density at radius 3 is 2.25 bits per heavy atom. The highest BCUT2D eigenvalue weighted by atomic mass is 16.5. The molecule has 92 valence electrons. The Morgan fingerprint density at radius 1 is 1.31 bits per heavy atom. The second kappa shape index (κ2) is 6.78. The highest BCUT2D eigenvalue weighted by Gasteiger charge is 2.18. The number of methoxy groups -OCH3 is 1. The van der Waals surface area contributed by atoms with Crippen molar-refractivity contribution >= 4 is 18.0 Å². The lowest BCUT2D eigenvalue weighted by molar-refractivity contribution is -0.139. The zero-order valence-electron chi connectivity index (χ0n) is 9.52. The maximum atomic E-state index is 11.3. The summed E-state index contributed by atoms with van der Waals surface area (Å²) in [7, 11) is 1.14. The third kappa shape index (κ3) is 5.97. The second-order valence-corrected chi connectivity index (χ2v) is 3.43. The fourth-order valence-corrected chi connectivity index (χ4v) is 0.984. The first kappa shape index (κ1) is 14.4. The smallest absolute Gasteiger partial charge is 0.413 e. The lowest BCUT2D eigenvalue weighted by Crippen LogP contribution is -2.44. The van der Waals surface area contributed by atoms with Gasteiger partial charge in [-0.2, -0.15) is 0 Å². The molecule has 16 heavy (non-hydrogen) atoms. The molecule has 0 saturated heterocycles. The van der Waals surface area contributed by atoms with Gasteiger partial charge >= 0.3 is 12.1 Å². The largest absolute Gasteiger partial charge is 0.480 e. The normalized spacial score (nSPS) is 10.3. The first-order valence-corrected chi connectivity index (χ1v) is 4.70. The number of carboxylic acid groups (broad SMARTS) is 1. The van der Waals surface area contributed by atoms with Crippen molar-refractivity contribution in [2.24, 2.45) is 0 Å². The van der Waals surface area contributed by atoms with E-state index < -0.39 is 18.0 Å². The van der Waals surface area contributed by atoms with Crippen LogP contribution in [0.3, 0.4) is 0 Å². The number of carbonyl (C=O) groups is 3. The molecule has 2 amide bonds. The van der Waals surface area contributed by atoms with Crippen LogP contribution in [0.25, 0.3) is 0 Å². The Morgan fingerprint density at radius 2 is 1.88 bits per heavy atom. The van der Waals surface area contributed by atoms with Gasteiger partial charge in [0.1, 0.15) is 0 Å². The predicted molar refractivity (Wildman–Crippen MR) is 54.9 cm³/mol. The van der Waals surface area contributed by atoms with Gasteiger partial charge in [-0.3, -0.25) is 19.8 Å². The molecule has 0 atom stereocenters. The zero-order chi connectivity index (χ0) is 12.7. The van der Waals surface area contributed by atoms with Crippen LogP contribution in [0.2, 0.25) is 0 Å². The van der Waals surface area contributed by atoms with Gasteiger partial charge in [-0.25, -0.2) is 4.79 Å². The molecule has 0 rings (SSSR count). The van der Waals surface area contributed by atoms with E-state index in [4.69, 9.17) is 5.11 Å². The molecule has 7 nitrogen and oxygen atoms in total. The van der Waals surface area contributed by atoms with E-state index in [0.717, 1.165) is 7.11 Å². The van der Waals surface area contributed by atoms with Crippen LogP contribution in [-0.4, -0.2) is 54.2 Å². The van der Waals surface area contributed by atoms with Gasteiger partial charge in [0.25, 0.3) is 0 Å². The molecule has 0 saturated carbocycles. The Balaban J connectivity index is 4.23. The van der Waals surface area contributed by atoms with Gasteiger partial charge in [0.2, 0.25) is 5.91 Å². The lowest BCUT2D eigenvalue weighted by atomic mass is 10.3. The van der Waals surface area contributed by atoms with Gasteiger partial charge in [0.05, 0.1) is 20.2 Å². The average Bonchev–Trinajstić information content (AvgIpc) is 2.15. The zero-order valence-corrected chi connectivity index (χ0v) is 9.52. The van der Waals surface area contributed by atoms with Crippen LogP contribution < -0.4 is 5.32 Å². The minimum Gasteiger partial charge on any atom is -0.480 e. The number of ether oxygens (including phenoxy) is 1. The fourth-order valence-electron chi connectivity index (χ4n) is 0.984. The summed E-state index contributed by atoms with van der Waals surface area (Å²) in [6.07, 6.45) is -0.857. The molecule has 7 heteroatoms. The van der Waals surface area contributed by atoms with E-state index in [0.29, 0.717) is 0 Å². The number of carboxylic acids is 1. The molecule has 0 aliphatic rings. The first-order chi connectivity index (χ1) is 7.36. The van der Waals surface area contributed by atoms with E-state index in [1.54, 1.807) is 13.8 Å². The Hall–Kier alpha value is -1.63. The van der Waals surface area contributed by atoms with E-state index >= 15 is 0 Å². The molecule has 0 fully saturated rings. The van der Waals surface area contributed by atoms with E-state index in [1.165, 1.54) is 4.90 Å².